The van der Waals surface area contributed by atoms with Crippen LogP contribution in [0.25, 0.3) is 10.9 Å². The summed E-state index contributed by atoms with van der Waals surface area (Å²) in [5.74, 6) is -1.27. The first-order chi connectivity index (χ1) is 10.2. The maximum Gasteiger partial charge on any atom is 0.334 e. The second kappa shape index (κ2) is 5.49. The molecule has 0 spiro atoms. The molecule has 6 heteroatoms. The Balaban J connectivity index is 1.92. The maximum atomic E-state index is 12.6. The molecule has 1 aliphatic rings. The van der Waals surface area contributed by atoms with E-state index < -0.39 is 12.1 Å². The molecule has 0 aliphatic carbocycles. The Bertz CT molecular complexity index is 696. The Hall–Kier alpha value is -2.47. The van der Waals surface area contributed by atoms with Crippen molar-refractivity contribution in [2.24, 2.45) is 0 Å². The predicted octanol–water partition coefficient (Wildman–Crippen LogP) is 1.16. The first-order valence-corrected chi connectivity index (χ1v) is 6.64. The third kappa shape index (κ3) is 2.57. The summed E-state index contributed by atoms with van der Waals surface area (Å²) in [7, 11) is 0. The number of para-hydroxylation sites is 1. The summed E-state index contributed by atoms with van der Waals surface area (Å²) < 4.78 is 5.13. The fourth-order valence-corrected chi connectivity index (χ4v) is 2.43. The van der Waals surface area contributed by atoms with Gasteiger partial charge in [-0.05, 0) is 12.1 Å². The van der Waals surface area contributed by atoms with E-state index in [-0.39, 0.29) is 19.1 Å². The fraction of sp³-hybridized carbons (Fsp3) is 0.267. The van der Waals surface area contributed by atoms with Crippen molar-refractivity contribution in [2.75, 3.05) is 19.7 Å². The number of hydrogen-bond acceptors (Lipinski definition) is 4. The van der Waals surface area contributed by atoms with Crippen molar-refractivity contribution in [3.05, 3.63) is 42.1 Å². The van der Waals surface area contributed by atoms with Gasteiger partial charge in [0, 0.05) is 18.1 Å². The summed E-state index contributed by atoms with van der Waals surface area (Å²) in [6, 6.07) is 9.10. The summed E-state index contributed by atoms with van der Waals surface area (Å²) in [5, 5.41) is 9.89. The lowest BCUT2D eigenvalue weighted by Crippen LogP contribution is -2.48. The molecule has 0 bridgehead atoms. The molecule has 1 aromatic heterocycles. The maximum absolute atomic E-state index is 12.6. The van der Waals surface area contributed by atoms with Crippen LogP contribution in [0.5, 0.6) is 0 Å². The van der Waals surface area contributed by atoms with Crippen molar-refractivity contribution in [3.8, 4) is 0 Å². The van der Waals surface area contributed by atoms with Crippen molar-refractivity contribution in [1.82, 2.24) is 9.88 Å². The number of morpholine rings is 1. The van der Waals surface area contributed by atoms with Crippen molar-refractivity contribution in [3.63, 3.8) is 0 Å². The molecule has 0 radical (unpaired) electrons. The highest BCUT2D eigenvalue weighted by Gasteiger charge is 2.30. The number of hydrogen-bond donors (Lipinski definition) is 1. The van der Waals surface area contributed by atoms with Gasteiger partial charge in [0.2, 0.25) is 0 Å². The van der Waals surface area contributed by atoms with Gasteiger partial charge in [0.15, 0.2) is 6.10 Å². The Labute approximate surface area is 121 Å². The van der Waals surface area contributed by atoms with Crippen LogP contribution >= 0.6 is 0 Å². The molecule has 2 heterocycles. The molecule has 3 rings (SSSR count). The molecule has 6 nitrogen and oxygen atoms in total. The van der Waals surface area contributed by atoms with Crippen molar-refractivity contribution >= 4 is 22.8 Å². The lowest BCUT2D eigenvalue weighted by molar-refractivity contribution is -0.154. The summed E-state index contributed by atoms with van der Waals surface area (Å²) in [5.41, 5.74) is 1.11. The Kier molecular flexibility index (Phi) is 3.53. The van der Waals surface area contributed by atoms with Gasteiger partial charge in [-0.25, -0.2) is 4.79 Å². The third-order valence-corrected chi connectivity index (χ3v) is 3.49. The number of fused-ring (bicyclic) bond motifs is 1. The molecule has 1 aliphatic heterocycles. The van der Waals surface area contributed by atoms with Crippen molar-refractivity contribution < 1.29 is 19.4 Å². The second-order valence-corrected chi connectivity index (χ2v) is 4.83. The first-order valence-electron chi connectivity index (χ1n) is 6.64. The highest BCUT2D eigenvalue weighted by Crippen LogP contribution is 2.19. The van der Waals surface area contributed by atoms with Crippen LogP contribution in [0.2, 0.25) is 0 Å². The average Bonchev–Trinajstić information content (AvgIpc) is 2.53. The summed E-state index contributed by atoms with van der Waals surface area (Å²) in [4.78, 5) is 29.4. The largest absolute Gasteiger partial charge is 0.479 e. The number of aliphatic carboxylic acids is 1. The number of benzene rings is 1. The van der Waals surface area contributed by atoms with Gasteiger partial charge in [0.25, 0.3) is 5.91 Å². The third-order valence-electron chi connectivity index (χ3n) is 3.49. The van der Waals surface area contributed by atoms with E-state index in [4.69, 9.17) is 9.84 Å². The summed E-state index contributed by atoms with van der Waals surface area (Å²) in [6.07, 6.45) is 0.670. The topological polar surface area (TPSA) is 79.7 Å². The zero-order valence-corrected chi connectivity index (χ0v) is 11.2. The minimum Gasteiger partial charge on any atom is -0.479 e. The molecule has 1 amide bonds. The van der Waals surface area contributed by atoms with Crippen LogP contribution in [0.1, 0.15) is 10.4 Å². The van der Waals surface area contributed by atoms with Crippen LogP contribution in [-0.2, 0) is 9.53 Å². The molecule has 1 aromatic carbocycles. The van der Waals surface area contributed by atoms with E-state index in [1.54, 1.807) is 18.3 Å². The van der Waals surface area contributed by atoms with E-state index in [0.717, 1.165) is 5.39 Å². The summed E-state index contributed by atoms with van der Waals surface area (Å²) >= 11 is 0. The number of aromatic nitrogens is 1. The first kappa shape index (κ1) is 13.5. The standard InChI is InChI=1S/C15H14N2O4/c18-14(17-7-8-21-12(9-17)15(19)20)11-5-1-3-10-4-2-6-16-13(10)11/h1-6,12H,7-9H2,(H,19,20). The monoisotopic (exact) mass is 286 g/mol. The van der Waals surface area contributed by atoms with Crippen LogP contribution in [0.4, 0.5) is 0 Å². The summed E-state index contributed by atoms with van der Waals surface area (Å²) in [6.45, 7) is 0.657. The van der Waals surface area contributed by atoms with Crippen molar-refractivity contribution in [1.29, 1.82) is 0 Å². The van der Waals surface area contributed by atoms with Gasteiger partial charge in [-0.15, -0.1) is 0 Å². The second-order valence-electron chi connectivity index (χ2n) is 4.83. The zero-order valence-electron chi connectivity index (χ0n) is 11.2. The smallest absolute Gasteiger partial charge is 0.334 e. The number of carboxylic acids is 1. The van der Waals surface area contributed by atoms with E-state index in [0.29, 0.717) is 17.6 Å². The van der Waals surface area contributed by atoms with Gasteiger partial charge in [0.05, 0.1) is 24.2 Å². The van der Waals surface area contributed by atoms with Crippen LogP contribution in [0.3, 0.4) is 0 Å². The van der Waals surface area contributed by atoms with Crippen molar-refractivity contribution in [2.45, 2.75) is 6.10 Å². The number of carbonyl (C=O) groups excluding carboxylic acids is 1. The minimum atomic E-state index is -1.05. The quantitative estimate of drug-likeness (QED) is 0.896. The van der Waals surface area contributed by atoms with Gasteiger partial charge in [-0.1, -0.05) is 18.2 Å². The van der Waals surface area contributed by atoms with Gasteiger partial charge in [-0.3, -0.25) is 9.78 Å². The van der Waals surface area contributed by atoms with E-state index in [1.807, 2.05) is 18.2 Å². The van der Waals surface area contributed by atoms with Crippen LogP contribution in [0.15, 0.2) is 36.5 Å². The molecular formula is C15H14N2O4. The van der Waals surface area contributed by atoms with Crippen LogP contribution in [0, 0.1) is 0 Å². The van der Waals surface area contributed by atoms with Gasteiger partial charge < -0.3 is 14.7 Å². The highest BCUT2D eigenvalue weighted by atomic mass is 16.5. The average molecular weight is 286 g/mol. The highest BCUT2D eigenvalue weighted by molar-refractivity contribution is 6.05. The number of carbonyl (C=O) groups is 2. The number of amides is 1. The number of carboxylic acid groups (broad SMARTS) is 1. The van der Waals surface area contributed by atoms with Gasteiger partial charge >= 0.3 is 5.97 Å². The lowest BCUT2D eigenvalue weighted by atomic mass is 10.1. The Morgan fingerprint density at radius 2 is 2.10 bits per heavy atom. The van der Waals surface area contributed by atoms with E-state index in [1.165, 1.54) is 4.90 Å². The zero-order chi connectivity index (χ0) is 14.8. The Morgan fingerprint density at radius 1 is 1.29 bits per heavy atom. The molecule has 1 atom stereocenters. The molecule has 1 unspecified atom stereocenters. The van der Waals surface area contributed by atoms with Gasteiger partial charge in [0.1, 0.15) is 0 Å². The van der Waals surface area contributed by atoms with E-state index in [2.05, 4.69) is 4.98 Å². The molecule has 1 fully saturated rings. The van der Waals surface area contributed by atoms with Crippen LogP contribution < -0.4 is 0 Å². The van der Waals surface area contributed by atoms with Gasteiger partial charge in [-0.2, -0.15) is 0 Å². The van der Waals surface area contributed by atoms with E-state index in [9.17, 15) is 9.59 Å². The fourth-order valence-electron chi connectivity index (χ4n) is 2.43. The van der Waals surface area contributed by atoms with Crippen LogP contribution in [-0.4, -0.2) is 52.7 Å². The molecular weight excluding hydrogens is 272 g/mol. The molecule has 108 valence electrons. The number of rotatable bonds is 2. The Morgan fingerprint density at radius 3 is 2.90 bits per heavy atom. The lowest BCUT2D eigenvalue weighted by Gasteiger charge is -2.31. The molecule has 1 N–H and O–H groups in total. The molecule has 1 saturated heterocycles. The minimum absolute atomic E-state index is 0.0530. The normalized spacial score (nSPS) is 18.7. The molecule has 2 aromatic rings. The SMILES string of the molecule is O=C(O)C1CN(C(=O)c2cccc3cccnc23)CCO1. The number of ether oxygens (including phenoxy) is 1. The predicted molar refractivity (Wildman–Crippen MR) is 75.0 cm³/mol. The molecule has 0 saturated carbocycles. The number of pyridine rings is 1. The number of nitrogens with zero attached hydrogens (tertiary/aromatic N) is 2. The van der Waals surface area contributed by atoms with E-state index >= 15 is 0 Å². The molecule has 21 heavy (non-hydrogen) atoms.